The first-order chi connectivity index (χ1) is 11.4. The summed E-state index contributed by atoms with van der Waals surface area (Å²) in [4.78, 5) is 22.1. The van der Waals surface area contributed by atoms with Gasteiger partial charge in [-0.2, -0.15) is 5.10 Å². The summed E-state index contributed by atoms with van der Waals surface area (Å²) in [5.41, 5.74) is 2.51. The number of phenolic OH excluding ortho intramolecular Hbond substituents is 1. The number of carbonyl (C=O) groups is 1. The molecule has 0 bridgehead atoms. The number of rotatable bonds is 5. The monoisotopic (exact) mass is 349 g/mol. The number of nitrogens with one attached hydrogen (secondary N) is 1. The number of methoxy groups -OCH3 is 1. The van der Waals surface area contributed by atoms with E-state index < -0.39 is 10.8 Å². The van der Waals surface area contributed by atoms with Gasteiger partial charge >= 0.3 is 0 Å². The Bertz CT molecular complexity index is 823. The average molecular weight is 350 g/mol. The predicted molar refractivity (Wildman–Crippen MR) is 87.8 cm³/mol. The molecule has 0 heterocycles. The molecular weight excluding hydrogens is 338 g/mol. The molecule has 0 unspecified atom stereocenters. The van der Waals surface area contributed by atoms with Gasteiger partial charge in [-0.25, -0.2) is 5.43 Å². The highest BCUT2D eigenvalue weighted by molar-refractivity contribution is 6.32. The number of hydrazone groups is 1. The van der Waals surface area contributed by atoms with Crippen LogP contribution in [0, 0.1) is 10.1 Å². The molecule has 0 radical (unpaired) electrons. The Hall–Kier alpha value is -3.13. The fourth-order valence-electron chi connectivity index (χ4n) is 1.80. The van der Waals surface area contributed by atoms with Crippen LogP contribution >= 0.6 is 11.6 Å². The molecule has 0 aliphatic heterocycles. The molecule has 8 nitrogen and oxygen atoms in total. The van der Waals surface area contributed by atoms with Gasteiger partial charge in [0.05, 0.1) is 18.2 Å². The first kappa shape index (κ1) is 17.2. The Morgan fingerprint density at radius 1 is 1.38 bits per heavy atom. The molecule has 2 aromatic carbocycles. The van der Waals surface area contributed by atoms with Crippen molar-refractivity contribution < 1.29 is 19.6 Å². The van der Waals surface area contributed by atoms with Crippen LogP contribution in [0.5, 0.6) is 11.5 Å². The molecule has 2 rings (SSSR count). The lowest BCUT2D eigenvalue weighted by atomic mass is 10.2. The van der Waals surface area contributed by atoms with Gasteiger partial charge in [-0.1, -0.05) is 11.6 Å². The fourth-order valence-corrected chi connectivity index (χ4v) is 1.98. The first-order valence-electron chi connectivity index (χ1n) is 6.56. The van der Waals surface area contributed by atoms with E-state index >= 15 is 0 Å². The van der Waals surface area contributed by atoms with Crippen LogP contribution < -0.4 is 10.2 Å². The zero-order valence-corrected chi connectivity index (χ0v) is 13.1. The summed E-state index contributed by atoms with van der Waals surface area (Å²) >= 11 is 5.69. The fraction of sp³-hybridized carbons (Fsp3) is 0.0667. The number of nitro benzene ring substituents is 1. The van der Waals surface area contributed by atoms with Crippen molar-refractivity contribution in [3.05, 3.63) is 62.7 Å². The van der Waals surface area contributed by atoms with Crippen LogP contribution in [-0.2, 0) is 0 Å². The molecule has 0 saturated heterocycles. The van der Waals surface area contributed by atoms with E-state index in [1.807, 2.05) is 0 Å². The first-order valence-corrected chi connectivity index (χ1v) is 6.94. The van der Waals surface area contributed by atoms with Crippen molar-refractivity contribution in [1.29, 1.82) is 0 Å². The van der Waals surface area contributed by atoms with E-state index in [1.165, 1.54) is 37.6 Å². The second-order valence-electron chi connectivity index (χ2n) is 4.55. The Morgan fingerprint density at radius 2 is 2.12 bits per heavy atom. The quantitative estimate of drug-likeness (QED) is 0.489. The minimum Gasteiger partial charge on any atom is -0.504 e. The summed E-state index contributed by atoms with van der Waals surface area (Å²) < 4.78 is 4.95. The van der Waals surface area contributed by atoms with Crippen molar-refractivity contribution in [2.75, 3.05) is 7.11 Å². The number of amides is 1. The van der Waals surface area contributed by atoms with E-state index in [0.29, 0.717) is 5.56 Å². The maximum absolute atomic E-state index is 11.9. The standard InChI is InChI=1S/C15H12ClN3O5/c1-24-14-6-9(2-5-13(14)20)8-17-18-15(21)10-3-4-11(16)12(7-10)19(22)23/h2-8,20H,1H3,(H,18,21). The number of hydrogen-bond donors (Lipinski definition) is 2. The number of carbonyl (C=O) groups excluding carboxylic acids is 1. The van der Waals surface area contributed by atoms with Crippen LogP contribution in [0.15, 0.2) is 41.5 Å². The van der Waals surface area contributed by atoms with Crippen molar-refractivity contribution in [3.63, 3.8) is 0 Å². The van der Waals surface area contributed by atoms with Gasteiger partial charge in [0.25, 0.3) is 11.6 Å². The summed E-state index contributed by atoms with van der Waals surface area (Å²) in [6, 6.07) is 8.20. The number of aromatic hydroxyl groups is 1. The van der Waals surface area contributed by atoms with Crippen LogP contribution in [-0.4, -0.2) is 29.3 Å². The highest BCUT2D eigenvalue weighted by Gasteiger charge is 2.15. The van der Waals surface area contributed by atoms with E-state index in [1.54, 1.807) is 6.07 Å². The molecular formula is C15H12ClN3O5. The summed E-state index contributed by atoms with van der Waals surface area (Å²) in [5.74, 6) is -0.387. The number of nitro groups is 1. The maximum atomic E-state index is 11.9. The molecule has 1 amide bonds. The van der Waals surface area contributed by atoms with Gasteiger partial charge in [0.1, 0.15) is 5.02 Å². The number of nitrogens with zero attached hydrogens (tertiary/aromatic N) is 2. The number of phenols is 1. The number of hydrogen-bond acceptors (Lipinski definition) is 6. The predicted octanol–water partition coefficient (Wildman–Crippen LogP) is 2.73. The lowest BCUT2D eigenvalue weighted by Gasteiger charge is -2.04. The van der Waals surface area contributed by atoms with E-state index in [0.717, 1.165) is 6.07 Å². The molecule has 0 aliphatic carbocycles. The summed E-state index contributed by atoms with van der Waals surface area (Å²) in [6.45, 7) is 0. The van der Waals surface area contributed by atoms with Crippen molar-refractivity contribution in [2.24, 2.45) is 5.10 Å². The molecule has 0 spiro atoms. The highest BCUT2D eigenvalue weighted by atomic mass is 35.5. The number of ether oxygens (including phenoxy) is 1. The van der Waals surface area contributed by atoms with Gasteiger partial charge in [-0.05, 0) is 35.9 Å². The molecule has 9 heteroatoms. The molecule has 0 atom stereocenters. The third-order valence-electron chi connectivity index (χ3n) is 2.99. The minimum absolute atomic E-state index is 0.0211. The molecule has 2 aromatic rings. The van der Waals surface area contributed by atoms with Crippen molar-refractivity contribution in [3.8, 4) is 11.5 Å². The summed E-state index contributed by atoms with van der Waals surface area (Å²) in [6.07, 6.45) is 1.34. The van der Waals surface area contributed by atoms with Crippen molar-refractivity contribution >= 4 is 29.4 Å². The van der Waals surface area contributed by atoms with Gasteiger partial charge in [0.15, 0.2) is 11.5 Å². The second kappa shape index (κ2) is 7.42. The van der Waals surface area contributed by atoms with Crippen LogP contribution in [0.4, 0.5) is 5.69 Å². The van der Waals surface area contributed by atoms with Gasteiger partial charge in [-0.3, -0.25) is 14.9 Å². The van der Waals surface area contributed by atoms with Crippen LogP contribution in [0.3, 0.4) is 0 Å². The third-order valence-corrected chi connectivity index (χ3v) is 3.31. The molecule has 124 valence electrons. The Balaban J connectivity index is 2.10. The second-order valence-corrected chi connectivity index (χ2v) is 4.96. The van der Waals surface area contributed by atoms with Gasteiger partial charge < -0.3 is 9.84 Å². The highest BCUT2D eigenvalue weighted by Crippen LogP contribution is 2.26. The van der Waals surface area contributed by atoms with Crippen molar-refractivity contribution in [1.82, 2.24) is 5.43 Å². The van der Waals surface area contributed by atoms with Crippen LogP contribution in [0.2, 0.25) is 5.02 Å². The van der Waals surface area contributed by atoms with Crippen molar-refractivity contribution in [2.45, 2.75) is 0 Å². The lowest BCUT2D eigenvalue weighted by molar-refractivity contribution is -0.384. The van der Waals surface area contributed by atoms with Crippen LogP contribution in [0.1, 0.15) is 15.9 Å². The SMILES string of the molecule is COc1cc(C=NNC(=O)c2ccc(Cl)c([N+](=O)[O-])c2)ccc1O. The molecule has 2 N–H and O–H groups in total. The van der Waals surface area contributed by atoms with E-state index in [2.05, 4.69) is 10.5 Å². The lowest BCUT2D eigenvalue weighted by Crippen LogP contribution is -2.17. The van der Waals surface area contributed by atoms with E-state index in [4.69, 9.17) is 16.3 Å². The number of benzene rings is 2. The maximum Gasteiger partial charge on any atom is 0.288 e. The Labute approximate surface area is 141 Å². The van der Waals surface area contributed by atoms with E-state index in [9.17, 15) is 20.0 Å². The Morgan fingerprint density at radius 3 is 2.79 bits per heavy atom. The van der Waals surface area contributed by atoms with Crippen LogP contribution in [0.25, 0.3) is 0 Å². The smallest absolute Gasteiger partial charge is 0.288 e. The molecule has 0 aromatic heterocycles. The largest absolute Gasteiger partial charge is 0.504 e. The van der Waals surface area contributed by atoms with E-state index in [-0.39, 0.29) is 27.8 Å². The normalized spacial score (nSPS) is 10.6. The Kier molecular flexibility index (Phi) is 5.33. The zero-order chi connectivity index (χ0) is 17.7. The molecule has 24 heavy (non-hydrogen) atoms. The van der Waals surface area contributed by atoms with Gasteiger partial charge in [0, 0.05) is 11.6 Å². The molecule has 0 saturated carbocycles. The topological polar surface area (TPSA) is 114 Å². The molecule has 0 fully saturated rings. The minimum atomic E-state index is -0.675. The zero-order valence-electron chi connectivity index (χ0n) is 12.4. The third kappa shape index (κ3) is 3.99. The van der Waals surface area contributed by atoms with Gasteiger partial charge in [0.2, 0.25) is 0 Å². The van der Waals surface area contributed by atoms with Gasteiger partial charge in [-0.15, -0.1) is 0 Å². The molecule has 0 aliphatic rings. The summed E-state index contributed by atoms with van der Waals surface area (Å²) in [7, 11) is 1.41. The number of halogens is 1. The summed E-state index contributed by atoms with van der Waals surface area (Å²) in [5, 5.41) is 24.0. The average Bonchev–Trinajstić information content (AvgIpc) is 2.56.